The molecule has 1 amide bonds. The van der Waals surface area contributed by atoms with Crippen molar-refractivity contribution in [1.82, 2.24) is 9.62 Å². The van der Waals surface area contributed by atoms with Gasteiger partial charge in [0, 0.05) is 26.1 Å². The van der Waals surface area contributed by atoms with Gasteiger partial charge < -0.3 is 11.1 Å². The molecule has 1 aliphatic heterocycles. The number of hydrogen-bond acceptors (Lipinski definition) is 4. The van der Waals surface area contributed by atoms with Gasteiger partial charge in [-0.1, -0.05) is 0 Å². The van der Waals surface area contributed by atoms with Crippen LogP contribution < -0.4 is 11.1 Å². The van der Waals surface area contributed by atoms with E-state index in [9.17, 15) is 17.6 Å². The number of sulfonamides is 1. The van der Waals surface area contributed by atoms with E-state index in [-0.39, 0.29) is 22.5 Å². The van der Waals surface area contributed by atoms with Crippen molar-refractivity contribution in [2.24, 2.45) is 0 Å². The molecule has 0 aromatic heterocycles. The van der Waals surface area contributed by atoms with Gasteiger partial charge in [-0.3, -0.25) is 4.79 Å². The van der Waals surface area contributed by atoms with Crippen molar-refractivity contribution in [2.75, 3.05) is 18.8 Å². The first kappa shape index (κ1) is 15.7. The van der Waals surface area contributed by atoms with Crippen molar-refractivity contribution in [3.63, 3.8) is 0 Å². The fraction of sp³-hybridized carbons (Fsp3) is 0.462. The molecule has 116 valence electrons. The highest BCUT2D eigenvalue weighted by Gasteiger charge is 2.29. The summed E-state index contributed by atoms with van der Waals surface area (Å²) in [6.07, 6.45) is 1.10. The number of halogens is 1. The highest BCUT2D eigenvalue weighted by Crippen LogP contribution is 2.23. The highest BCUT2D eigenvalue weighted by atomic mass is 32.2. The summed E-state index contributed by atoms with van der Waals surface area (Å²) in [6, 6.07) is 3.38. The van der Waals surface area contributed by atoms with Gasteiger partial charge in [0.1, 0.15) is 5.82 Å². The first-order valence-corrected chi connectivity index (χ1v) is 8.07. The lowest BCUT2D eigenvalue weighted by molar-refractivity contribution is -0.119. The van der Waals surface area contributed by atoms with Crippen LogP contribution in [0.15, 0.2) is 23.1 Å². The van der Waals surface area contributed by atoms with Crippen LogP contribution in [0.5, 0.6) is 0 Å². The minimum Gasteiger partial charge on any atom is -0.396 e. The van der Waals surface area contributed by atoms with Crippen molar-refractivity contribution < 1.29 is 17.6 Å². The van der Waals surface area contributed by atoms with Gasteiger partial charge in [-0.05, 0) is 31.0 Å². The van der Waals surface area contributed by atoms with Gasteiger partial charge in [0.05, 0.1) is 10.6 Å². The first-order chi connectivity index (χ1) is 9.80. The Morgan fingerprint density at radius 1 is 1.38 bits per heavy atom. The lowest BCUT2D eigenvalue weighted by Crippen LogP contribution is -2.46. The Hall–Kier alpha value is -1.67. The van der Waals surface area contributed by atoms with E-state index in [1.165, 1.54) is 17.3 Å². The zero-order valence-electron chi connectivity index (χ0n) is 11.7. The first-order valence-electron chi connectivity index (χ1n) is 6.63. The van der Waals surface area contributed by atoms with Crippen LogP contribution in [0.3, 0.4) is 0 Å². The van der Waals surface area contributed by atoms with Gasteiger partial charge in [-0.2, -0.15) is 4.31 Å². The molecule has 6 nitrogen and oxygen atoms in total. The maximum Gasteiger partial charge on any atom is 0.243 e. The lowest BCUT2D eigenvalue weighted by atomic mass is 10.1. The summed E-state index contributed by atoms with van der Waals surface area (Å²) < 4.78 is 39.3. The van der Waals surface area contributed by atoms with E-state index in [1.54, 1.807) is 0 Å². The number of piperidine rings is 1. The van der Waals surface area contributed by atoms with Crippen LogP contribution >= 0.6 is 0 Å². The van der Waals surface area contributed by atoms with Gasteiger partial charge >= 0.3 is 0 Å². The van der Waals surface area contributed by atoms with Gasteiger partial charge in [-0.25, -0.2) is 12.8 Å². The topological polar surface area (TPSA) is 92.5 Å². The fourth-order valence-corrected chi connectivity index (χ4v) is 3.86. The van der Waals surface area contributed by atoms with Crippen LogP contribution in [0.2, 0.25) is 0 Å². The number of nitrogens with zero attached hydrogens (tertiary/aromatic N) is 1. The molecule has 1 fully saturated rings. The second kappa shape index (κ2) is 5.98. The van der Waals surface area contributed by atoms with Crippen LogP contribution in [0, 0.1) is 5.82 Å². The van der Waals surface area contributed by atoms with Crippen LogP contribution in [-0.2, 0) is 14.8 Å². The van der Waals surface area contributed by atoms with Crippen LogP contribution in [-0.4, -0.2) is 37.8 Å². The molecule has 0 atom stereocenters. The smallest absolute Gasteiger partial charge is 0.243 e. The molecule has 1 saturated heterocycles. The monoisotopic (exact) mass is 315 g/mol. The lowest BCUT2D eigenvalue weighted by Gasteiger charge is -2.31. The third-order valence-corrected chi connectivity index (χ3v) is 5.36. The van der Waals surface area contributed by atoms with Gasteiger partial charge in [0.15, 0.2) is 0 Å². The molecular formula is C13H18FN3O3S. The maximum absolute atomic E-state index is 13.1. The molecule has 1 heterocycles. The second-order valence-electron chi connectivity index (χ2n) is 5.06. The molecule has 0 radical (unpaired) electrons. The molecule has 0 unspecified atom stereocenters. The number of nitrogens with one attached hydrogen (secondary N) is 1. The minimum absolute atomic E-state index is 0.00719. The number of carbonyl (C=O) groups is 1. The van der Waals surface area contributed by atoms with Gasteiger partial charge in [0.2, 0.25) is 15.9 Å². The van der Waals surface area contributed by atoms with Gasteiger partial charge in [0.25, 0.3) is 0 Å². The summed E-state index contributed by atoms with van der Waals surface area (Å²) in [6.45, 7) is 2.06. The Balaban J connectivity index is 2.11. The van der Waals surface area contributed by atoms with E-state index in [0.717, 1.165) is 12.1 Å². The Labute approximate surface area is 123 Å². The SMILES string of the molecule is CC(=O)NC1CCN(S(=O)(=O)c2ccc(F)c(N)c2)CC1. The van der Waals surface area contributed by atoms with Crippen LogP contribution in [0.1, 0.15) is 19.8 Å². The Morgan fingerprint density at radius 3 is 2.52 bits per heavy atom. The number of carbonyl (C=O) groups excluding carboxylic acids is 1. The summed E-state index contributed by atoms with van der Waals surface area (Å²) in [7, 11) is -3.68. The summed E-state index contributed by atoms with van der Waals surface area (Å²) in [5.41, 5.74) is 5.23. The van der Waals surface area contributed by atoms with Crippen LogP contribution in [0.25, 0.3) is 0 Å². The molecule has 8 heteroatoms. The summed E-state index contributed by atoms with van der Waals surface area (Å²) >= 11 is 0. The van der Waals surface area contributed by atoms with E-state index in [2.05, 4.69) is 5.32 Å². The summed E-state index contributed by atoms with van der Waals surface area (Å²) in [5, 5.41) is 2.78. The number of anilines is 1. The Bertz CT molecular complexity index is 640. The molecular weight excluding hydrogens is 297 g/mol. The predicted octanol–water partition coefficient (Wildman–Crippen LogP) is 0.697. The van der Waals surface area contributed by atoms with E-state index in [4.69, 9.17) is 5.73 Å². The zero-order valence-corrected chi connectivity index (χ0v) is 12.5. The average molecular weight is 315 g/mol. The van der Waals surface area contributed by atoms with E-state index in [1.807, 2.05) is 0 Å². The number of benzene rings is 1. The molecule has 0 bridgehead atoms. The number of nitrogens with two attached hydrogens (primary N) is 1. The van der Waals surface area contributed by atoms with E-state index in [0.29, 0.717) is 25.9 Å². The van der Waals surface area contributed by atoms with Crippen molar-refractivity contribution >= 4 is 21.6 Å². The van der Waals surface area contributed by atoms with Crippen molar-refractivity contribution in [3.8, 4) is 0 Å². The molecule has 0 aliphatic carbocycles. The third-order valence-electron chi connectivity index (χ3n) is 3.47. The zero-order chi connectivity index (χ0) is 15.6. The number of hydrogen-bond donors (Lipinski definition) is 2. The molecule has 2 rings (SSSR count). The predicted molar refractivity (Wildman–Crippen MR) is 76.4 cm³/mol. The Kier molecular flexibility index (Phi) is 4.48. The second-order valence-corrected chi connectivity index (χ2v) is 7.00. The normalized spacial score (nSPS) is 17.6. The van der Waals surface area contributed by atoms with Crippen LogP contribution in [0.4, 0.5) is 10.1 Å². The minimum atomic E-state index is -3.68. The highest BCUT2D eigenvalue weighted by molar-refractivity contribution is 7.89. The fourth-order valence-electron chi connectivity index (χ4n) is 2.36. The van der Waals surface area contributed by atoms with E-state index < -0.39 is 15.8 Å². The van der Waals surface area contributed by atoms with Crippen molar-refractivity contribution in [1.29, 1.82) is 0 Å². The molecule has 0 spiro atoms. The van der Waals surface area contributed by atoms with Crippen molar-refractivity contribution in [2.45, 2.75) is 30.7 Å². The average Bonchev–Trinajstić information content (AvgIpc) is 2.41. The maximum atomic E-state index is 13.1. The largest absolute Gasteiger partial charge is 0.396 e. The number of rotatable bonds is 3. The quantitative estimate of drug-likeness (QED) is 0.803. The molecule has 3 N–H and O–H groups in total. The Morgan fingerprint density at radius 2 is 2.00 bits per heavy atom. The molecule has 1 aromatic carbocycles. The standard InChI is InChI=1S/C13H18FN3O3S/c1-9(18)16-10-4-6-17(7-5-10)21(19,20)11-2-3-12(14)13(15)8-11/h2-3,8,10H,4-7,15H2,1H3,(H,16,18). The van der Waals surface area contributed by atoms with Crippen molar-refractivity contribution in [3.05, 3.63) is 24.0 Å². The number of amides is 1. The van der Waals surface area contributed by atoms with Gasteiger partial charge in [-0.15, -0.1) is 0 Å². The van der Waals surface area contributed by atoms with E-state index >= 15 is 0 Å². The third kappa shape index (κ3) is 3.51. The molecule has 0 saturated carbocycles. The number of nitrogen functional groups attached to an aromatic ring is 1. The molecule has 1 aromatic rings. The summed E-state index contributed by atoms with van der Waals surface area (Å²) in [5.74, 6) is -0.763. The molecule has 21 heavy (non-hydrogen) atoms. The molecule has 1 aliphatic rings. The summed E-state index contributed by atoms with van der Waals surface area (Å²) in [4.78, 5) is 11.0.